The van der Waals surface area contributed by atoms with E-state index < -0.39 is 0 Å². The van der Waals surface area contributed by atoms with Crippen LogP contribution < -0.4 is 15.8 Å². The summed E-state index contributed by atoms with van der Waals surface area (Å²) in [4.78, 5) is 11.2. The van der Waals surface area contributed by atoms with E-state index in [9.17, 15) is 4.79 Å². The third-order valence-electron chi connectivity index (χ3n) is 2.46. The fourth-order valence-electron chi connectivity index (χ4n) is 1.51. The predicted molar refractivity (Wildman–Crippen MR) is 68.0 cm³/mol. The summed E-state index contributed by atoms with van der Waals surface area (Å²) in [6.45, 7) is 6.42. The number of amides is 1. The van der Waals surface area contributed by atoms with Crippen LogP contribution in [-0.2, 0) is 4.79 Å². The number of rotatable bonds is 5. The minimum absolute atomic E-state index is 0.00569. The van der Waals surface area contributed by atoms with Gasteiger partial charge in [-0.2, -0.15) is 0 Å². The van der Waals surface area contributed by atoms with Crippen LogP contribution in [0.1, 0.15) is 31.0 Å². The zero-order valence-electron chi connectivity index (χ0n) is 10.6. The van der Waals surface area contributed by atoms with Crippen molar-refractivity contribution in [1.82, 2.24) is 5.32 Å². The Bertz CT molecular complexity index is 389. The normalized spacial score (nSPS) is 12.0. The Morgan fingerprint density at radius 1 is 1.53 bits per heavy atom. The largest absolute Gasteiger partial charge is 0.484 e. The molecule has 0 aliphatic heterocycles. The highest BCUT2D eigenvalue weighted by molar-refractivity contribution is 5.77. The van der Waals surface area contributed by atoms with Crippen LogP contribution in [0.3, 0.4) is 0 Å². The molecular weight excluding hydrogens is 216 g/mol. The zero-order chi connectivity index (χ0) is 12.8. The molecule has 3 N–H and O–H groups in total. The minimum Gasteiger partial charge on any atom is -0.484 e. The summed E-state index contributed by atoms with van der Waals surface area (Å²) < 4.78 is 5.43. The second-order valence-electron chi connectivity index (χ2n) is 4.06. The highest BCUT2D eigenvalue weighted by atomic mass is 16.5. The molecule has 4 nitrogen and oxygen atoms in total. The van der Waals surface area contributed by atoms with Crippen LogP contribution in [-0.4, -0.2) is 19.1 Å². The Hall–Kier alpha value is -1.55. The molecule has 1 aromatic rings. The van der Waals surface area contributed by atoms with Crippen LogP contribution in [0.25, 0.3) is 0 Å². The number of likely N-dealkylation sites (N-methyl/N-ethyl adjacent to an activating group) is 1. The van der Waals surface area contributed by atoms with Crippen LogP contribution in [0.2, 0.25) is 0 Å². The van der Waals surface area contributed by atoms with Crippen molar-refractivity contribution >= 4 is 5.91 Å². The molecule has 4 heteroatoms. The number of nitrogens with one attached hydrogen (secondary N) is 1. The molecule has 17 heavy (non-hydrogen) atoms. The number of aryl methyl sites for hydroxylation is 1. The maximum atomic E-state index is 11.2. The average Bonchev–Trinajstić information content (AvgIpc) is 2.27. The first-order chi connectivity index (χ1) is 8.04. The van der Waals surface area contributed by atoms with Crippen molar-refractivity contribution in [3.63, 3.8) is 0 Å². The van der Waals surface area contributed by atoms with Crippen LogP contribution in [0, 0.1) is 6.92 Å². The van der Waals surface area contributed by atoms with Crippen molar-refractivity contribution in [3.05, 3.63) is 29.3 Å². The number of hydrogen-bond donors (Lipinski definition) is 2. The lowest BCUT2D eigenvalue weighted by atomic mass is 10.1. The van der Waals surface area contributed by atoms with E-state index in [0.717, 1.165) is 16.9 Å². The monoisotopic (exact) mass is 236 g/mol. The molecule has 0 radical (unpaired) electrons. The Balaban J connectivity index is 2.63. The van der Waals surface area contributed by atoms with E-state index in [1.807, 2.05) is 39.0 Å². The Morgan fingerprint density at radius 3 is 2.76 bits per heavy atom. The second kappa shape index (κ2) is 6.25. The fourth-order valence-corrected chi connectivity index (χ4v) is 1.51. The average molecular weight is 236 g/mol. The van der Waals surface area contributed by atoms with E-state index in [0.29, 0.717) is 6.54 Å². The molecule has 1 amide bonds. The number of nitrogens with two attached hydrogens (primary N) is 1. The maximum absolute atomic E-state index is 11.2. The molecule has 1 aromatic carbocycles. The van der Waals surface area contributed by atoms with Crippen molar-refractivity contribution in [1.29, 1.82) is 0 Å². The SMILES string of the molecule is CCNC(=O)COc1ccc([C@H](C)N)cc1C. The first kappa shape index (κ1) is 13.5. The van der Waals surface area contributed by atoms with Gasteiger partial charge in [0.2, 0.25) is 0 Å². The van der Waals surface area contributed by atoms with Crippen molar-refractivity contribution in [2.75, 3.05) is 13.2 Å². The minimum atomic E-state index is -0.108. The fraction of sp³-hybridized carbons (Fsp3) is 0.462. The van der Waals surface area contributed by atoms with Gasteiger partial charge >= 0.3 is 0 Å². The third-order valence-corrected chi connectivity index (χ3v) is 2.46. The molecular formula is C13H20N2O2. The molecule has 0 bridgehead atoms. The van der Waals surface area contributed by atoms with E-state index in [1.54, 1.807) is 0 Å². The Labute approximate surface area is 102 Å². The highest BCUT2D eigenvalue weighted by Crippen LogP contribution is 2.21. The van der Waals surface area contributed by atoms with Crippen LogP contribution in [0.15, 0.2) is 18.2 Å². The lowest BCUT2D eigenvalue weighted by Gasteiger charge is -2.12. The molecule has 0 aliphatic carbocycles. The van der Waals surface area contributed by atoms with Gasteiger partial charge < -0.3 is 15.8 Å². The van der Waals surface area contributed by atoms with Gasteiger partial charge in [-0.3, -0.25) is 4.79 Å². The van der Waals surface area contributed by atoms with E-state index in [2.05, 4.69) is 5.32 Å². The van der Waals surface area contributed by atoms with Crippen LogP contribution in [0.4, 0.5) is 0 Å². The van der Waals surface area contributed by atoms with Crippen LogP contribution in [0.5, 0.6) is 5.75 Å². The number of ether oxygens (including phenoxy) is 1. The topological polar surface area (TPSA) is 64.3 Å². The number of benzene rings is 1. The summed E-state index contributed by atoms with van der Waals surface area (Å²) in [5.74, 6) is 0.615. The zero-order valence-corrected chi connectivity index (χ0v) is 10.6. The van der Waals surface area contributed by atoms with Gasteiger partial charge in [-0.05, 0) is 38.0 Å². The summed E-state index contributed by atoms with van der Waals surface area (Å²) in [5, 5.41) is 2.68. The molecule has 0 aromatic heterocycles. The van der Waals surface area contributed by atoms with Crippen molar-refractivity contribution in [3.8, 4) is 5.75 Å². The second-order valence-corrected chi connectivity index (χ2v) is 4.06. The smallest absolute Gasteiger partial charge is 0.257 e. The molecule has 0 fully saturated rings. The van der Waals surface area contributed by atoms with E-state index in [4.69, 9.17) is 10.5 Å². The summed E-state index contributed by atoms with van der Waals surface area (Å²) in [6, 6.07) is 5.77. The van der Waals surface area contributed by atoms with Crippen LogP contribution >= 0.6 is 0 Å². The highest BCUT2D eigenvalue weighted by Gasteiger charge is 2.06. The lowest BCUT2D eigenvalue weighted by molar-refractivity contribution is -0.122. The number of carbonyl (C=O) groups is 1. The lowest BCUT2D eigenvalue weighted by Crippen LogP contribution is -2.28. The molecule has 1 rings (SSSR count). The van der Waals surface area contributed by atoms with E-state index in [1.165, 1.54) is 0 Å². The summed E-state index contributed by atoms with van der Waals surface area (Å²) >= 11 is 0. The molecule has 0 saturated carbocycles. The number of carbonyl (C=O) groups excluding carboxylic acids is 1. The summed E-state index contributed by atoms with van der Waals surface area (Å²) in [6.07, 6.45) is 0. The third kappa shape index (κ3) is 4.07. The first-order valence-corrected chi connectivity index (χ1v) is 5.80. The maximum Gasteiger partial charge on any atom is 0.257 e. The van der Waals surface area contributed by atoms with Gasteiger partial charge in [-0.25, -0.2) is 0 Å². The van der Waals surface area contributed by atoms with E-state index >= 15 is 0 Å². The molecule has 0 spiro atoms. The Morgan fingerprint density at radius 2 is 2.24 bits per heavy atom. The van der Waals surface area contributed by atoms with Gasteiger partial charge in [-0.1, -0.05) is 12.1 Å². The van der Waals surface area contributed by atoms with Crippen molar-refractivity contribution in [2.24, 2.45) is 5.73 Å². The first-order valence-electron chi connectivity index (χ1n) is 5.80. The quantitative estimate of drug-likeness (QED) is 0.815. The molecule has 0 unspecified atom stereocenters. The molecule has 0 saturated heterocycles. The van der Waals surface area contributed by atoms with Gasteiger partial charge in [0.25, 0.3) is 5.91 Å². The van der Waals surface area contributed by atoms with Crippen molar-refractivity contribution in [2.45, 2.75) is 26.8 Å². The van der Waals surface area contributed by atoms with Gasteiger partial charge in [-0.15, -0.1) is 0 Å². The van der Waals surface area contributed by atoms with Gasteiger partial charge in [0.15, 0.2) is 6.61 Å². The van der Waals surface area contributed by atoms with Gasteiger partial charge in [0, 0.05) is 12.6 Å². The molecule has 94 valence electrons. The van der Waals surface area contributed by atoms with Gasteiger partial charge in [0.05, 0.1) is 0 Å². The Kier molecular flexibility index (Phi) is 4.97. The standard InChI is InChI=1S/C13H20N2O2/c1-4-15-13(16)8-17-12-6-5-11(10(3)14)7-9(12)2/h5-7,10H,4,8,14H2,1-3H3,(H,15,16)/t10-/m0/s1. The molecule has 0 aliphatic rings. The van der Waals surface area contributed by atoms with Gasteiger partial charge in [0.1, 0.15) is 5.75 Å². The van der Waals surface area contributed by atoms with E-state index in [-0.39, 0.29) is 18.6 Å². The predicted octanol–water partition coefficient (Wildman–Crippen LogP) is 1.53. The molecule has 0 heterocycles. The molecule has 1 atom stereocenters. The summed E-state index contributed by atoms with van der Waals surface area (Å²) in [7, 11) is 0. The summed E-state index contributed by atoms with van der Waals surface area (Å²) in [5.41, 5.74) is 7.84. The number of hydrogen-bond acceptors (Lipinski definition) is 3. The van der Waals surface area contributed by atoms with Crippen molar-refractivity contribution < 1.29 is 9.53 Å².